The second kappa shape index (κ2) is 6.55. The van der Waals surface area contributed by atoms with Gasteiger partial charge in [0.2, 0.25) is 10.0 Å². The van der Waals surface area contributed by atoms with Crippen molar-refractivity contribution in [3.05, 3.63) is 23.8 Å². The topological polar surface area (TPSA) is 105 Å². The molecule has 0 aliphatic carbocycles. The quantitative estimate of drug-likeness (QED) is 0.757. The van der Waals surface area contributed by atoms with Crippen LogP contribution in [-0.2, 0) is 14.8 Å². The van der Waals surface area contributed by atoms with Crippen LogP contribution < -0.4 is 15.4 Å². The molecule has 1 aromatic rings. The highest BCUT2D eigenvalue weighted by atomic mass is 32.2. The zero-order valence-corrected chi connectivity index (χ0v) is 15.9. The van der Waals surface area contributed by atoms with Crippen LogP contribution in [0.4, 0.5) is 4.79 Å². The van der Waals surface area contributed by atoms with Gasteiger partial charge < -0.3 is 10.1 Å². The fourth-order valence-electron chi connectivity index (χ4n) is 3.64. The number of rotatable bonds is 4. The molecular formula is C17H23N3O5S. The second-order valence-electron chi connectivity index (χ2n) is 6.94. The number of aryl methyl sites for hydroxylation is 1. The molecule has 0 bridgehead atoms. The number of carbonyl (C=O) groups is 2. The molecule has 0 radical (unpaired) electrons. The summed E-state index contributed by atoms with van der Waals surface area (Å²) in [5, 5.41) is 4.93. The third-order valence-corrected chi connectivity index (χ3v) is 7.20. The Balaban J connectivity index is 1.79. The number of hydrogen-bond acceptors (Lipinski definition) is 5. The number of hydrogen-bond donors (Lipinski definition) is 2. The molecular weight excluding hydrogens is 358 g/mol. The van der Waals surface area contributed by atoms with Crippen LogP contribution in [0.2, 0.25) is 0 Å². The molecule has 2 fully saturated rings. The van der Waals surface area contributed by atoms with Gasteiger partial charge in [0.1, 0.15) is 16.2 Å². The molecule has 0 aromatic heterocycles. The molecule has 2 aliphatic rings. The fraction of sp³-hybridized carbons (Fsp3) is 0.529. The van der Waals surface area contributed by atoms with Crippen molar-refractivity contribution in [2.45, 2.75) is 37.1 Å². The monoisotopic (exact) mass is 381 g/mol. The van der Waals surface area contributed by atoms with Crippen molar-refractivity contribution in [1.29, 1.82) is 0 Å². The predicted octanol–water partition coefficient (Wildman–Crippen LogP) is 1.00. The molecule has 0 spiro atoms. The fourth-order valence-corrected chi connectivity index (χ4v) is 5.35. The molecule has 8 nitrogen and oxygen atoms in total. The van der Waals surface area contributed by atoms with E-state index in [1.54, 1.807) is 25.1 Å². The van der Waals surface area contributed by atoms with Gasteiger partial charge in [-0.25, -0.2) is 13.2 Å². The summed E-state index contributed by atoms with van der Waals surface area (Å²) in [5.41, 5.74) is -0.161. The molecule has 2 aliphatic heterocycles. The molecule has 2 saturated heterocycles. The Morgan fingerprint density at radius 3 is 2.42 bits per heavy atom. The Kier molecular flexibility index (Phi) is 4.70. The van der Waals surface area contributed by atoms with Gasteiger partial charge in [-0.2, -0.15) is 4.31 Å². The number of piperidine rings is 1. The van der Waals surface area contributed by atoms with E-state index in [4.69, 9.17) is 4.74 Å². The number of methoxy groups -OCH3 is 1. The van der Waals surface area contributed by atoms with Crippen LogP contribution in [0, 0.1) is 12.8 Å². The third kappa shape index (κ3) is 3.05. The zero-order chi connectivity index (χ0) is 19.1. The number of ether oxygens (including phenoxy) is 1. The maximum Gasteiger partial charge on any atom is 0.322 e. The summed E-state index contributed by atoms with van der Waals surface area (Å²) in [6.07, 6.45) is 0.967. The number of amides is 3. The Bertz CT molecular complexity index is 846. The first-order chi connectivity index (χ1) is 12.2. The first kappa shape index (κ1) is 18.7. The molecule has 9 heteroatoms. The Hall–Kier alpha value is -2.13. The summed E-state index contributed by atoms with van der Waals surface area (Å²) >= 11 is 0. The van der Waals surface area contributed by atoms with E-state index in [9.17, 15) is 18.0 Å². The average molecular weight is 381 g/mol. The molecule has 2 N–H and O–H groups in total. The molecule has 1 aromatic carbocycles. The smallest absolute Gasteiger partial charge is 0.322 e. The van der Waals surface area contributed by atoms with Crippen molar-refractivity contribution in [3.8, 4) is 5.75 Å². The molecule has 3 amide bonds. The Morgan fingerprint density at radius 1 is 1.23 bits per heavy atom. The van der Waals surface area contributed by atoms with E-state index in [-0.39, 0.29) is 29.8 Å². The number of carbonyl (C=O) groups excluding carboxylic acids is 2. The molecule has 1 atom stereocenters. The van der Waals surface area contributed by atoms with E-state index in [1.807, 2.05) is 6.92 Å². The lowest BCUT2D eigenvalue weighted by molar-refractivity contribution is -0.125. The summed E-state index contributed by atoms with van der Waals surface area (Å²) < 4.78 is 32.7. The Morgan fingerprint density at radius 2 is 1.88 bits per heavy atom. The lowest BCUT2D eigenvalue weighted by Gasteiger charge is -2.38. The van der Waals surface area contributed by atoms with Gasteiger partial charge in [0.25, 0.3) is 5.91 Å². The summed E-state index contributed by atoms with van der Waals surface area (Å²) in [6.45, 7) is 4.07. The van der Waals surface area contributed by atoms with Crippen molar-refractivity contribution < 1.29 is 22.7 Å². The lowest BCUT2D eigenvalue weighted by atomic mass is 9.79. The first-order valence-electron chi connectivity index (χ1n) is 8.47. The van der Waals surface area contributed by atoms with Crippen molar-refractivity contribution in [2.24, 2.45) is 5.92 Å². The van der Waals surface area contributed by atoms with E-state index in [0.717, 1.165) is 5.56 Å². The standard InChI is InChI=1S/C17H23N3O5S/c1-11-4-5-13(25-3)14(10-11)26(23,24)20-8-6-12(7-9-20)17(2)15(21)18-16(22)19-17/h4-5,10,12H,6-9H2,1-3H3,(H2,18,19,21,22)/t17-/m1/s1. The van der Waals surface area contributed by atoms with Gasteiger partial charge >= 0.3 is 6.03 Å². The van der Waals surface area contributed by atoms with E-state index in [1.165, 1.54) is 11.4 Å². The number of urea groups is 1. The summed E-state index contributed by atoms with van der Waals surface area (Å²) in [5.74, 6) is -0.170. The lowest BCUT2D eigenvalue weighted by Crippen LogP contribution is -2.54. The highest BCUT2D eigenvalue weighted by molar-refractivity contribution is 7.89. The van der Waals surface area contributed by atoms with Crippen LogP contribution in [0.1, 0.15) is 25.3 Å². The number of sulfonamides is 1. The highest BCUT2D eigenvalue weighted by Gasteiger charge is 2.49. The summed E-state index contributed by atoms with van der Waals surface area (Å²) in [7, 11) is -2.26. The van der Waals surface area contributed by atoms with Crippen LogP contribution in [0.5, 0.6) is 5.75 Å². The minimum absolute atomic E-state index is 0.125. The molecule has 2 heterocycles. The predicted molar refractivity (Wildman–Crippen MR) is 94.3 cm³/mol. The molecule has 26 heavy (non-hydrogen) atoms. The normalized spacial score (nSPS) is 25.0. The van der Waals surface area contributed by atoms with Gasteiger partial charge in [0, 0.05) is 13.1 Å². The van der Waals surface area contributed by atoms with E-state index < -0.39 is 21.6 Å². The molecule has 0 saturated carbocycles. The summed E-state index contributed by atoms with van der Waals surface area (Å²) in [4.78, 5) is 23.7. The van der Waals surface area contributed by atoms with Gasteiger partial charge in [-0.05, 0) is 50.3 Å². The van der Waals surface area contributed by atoms with E-state index >= 15 is 0 Å². The van der Waals surface area contributed by atoms with Crippen LogP contribution in [0.15, 0.2) is 23.1 Å². The van der Waals surface area contributed by atoms with Crippen LogP contribution in [0.3, 0.4) is 0 Å². The number of nitrogens with one attached hydrogen (secondary N) is 2. The third-order valence-electron chi connectivity index (χ3n) is 5.28. The Labute approximate surface area is 152 Å². The van der Waals surface area contributed by atoms with Gasteiger partial charge in [-0.1, -0.05) is 6.07 Å². The highest BCUT2D eigenvalue weighted by Crippen LogP contribution is 2.34. The van der Waals surface area contributed by atoms with Crippen LogP contribution in [0.25, 0.3) is 0 Å². The van der Waals surface area contributed by atoms with E-state index in [0.29, 0.717) is 18.6 Å². The molecule has 3 rings (SSSR count). The largest absolute Gasteiger partial charge is 0.495 e. The van der Waals surface area contributed by atoms with Gasteiger partial charge in [-0.3, -0.25) is 10.1 Å². The average Bonchev–Trinajstić information content (AvgIpc) is 2.88. The van der Waals surface area contributed by atoms with E-state index in [2.05, 4.69) is 10.6 Å². The maximum atomic E-state index is 13.0. The number of nitrogens with zero attached hydrogens (tertiary/aromatic N) is 1. The van der Waals surface area contributed by atoms with Gasteiger partial charge in [0.05, 0.1) is 7.11 Å². The maximum absolute atomic E-state index is 13.0. The minimum Gasteiger partial charge on any atom is -0.495 e. The molecule has 0 unspecified atom stereocenters. The number of benzene rings is 1. The minimum atomic E-state index is -3.70. The van der Waals surface area contributed by atoms with Crippen LogP contribution in [-0.4, -0.2) is 50.4 Å². The van der Waals surface area contributed by atoms with Crippen molar-refractivity contribution in [3.63, 3.8) is 0 Å². The first-order valence-corrected chi connectivity index (χ1v) is 9.91. The van der Waals surface area contributed by atoms with Crippen molar-refractivity contribution in [1.82, 2.24) is 14.9 Å². The summed E-state index contributed by atoms with van der Waals surface area (Å²) in [6, 6.07) is 4.55. The van der Waals surface area contributed by atoms with Crippen molar-refractivity contribution >= 4 is 22.0 Å². The van der Waals surface area contributed by atoms with Gasteiger partial charge in [-0.15, -0.1) is 0 Å². The number of imide groups is 1. The molecule has 142 valence electrons. The van der Waals surface area contributed by atoms with Crippen molar-refractivity contribution in [2.75, 3.05) is 20.2 Å². The second-order valence-corrected chi connectivity index (χ2v) is 8.85. The van der Waals surface area contributed by atoms with Gasteiger partial charge in [0.15, 0.2) is 0 Å². The van der Waals surface area contributed by atoms with Crippen LogP contribution >= 0.6 is 0 Å². The SMILES string of the molecule is COc1ccc(C)cc1S(=O)(=O)N1CCC([C@@]2(C)NC(=O)NC2=O)CC1. The zero-order valence-electron chi connectivity index (χ0n) is 15.0.